The smallest absolute Gasteiger partial charge is 0.348 e. The molecule has 5 aromatic rings. The molecule has 5 rings (SSSR count). The van der Waals surface area contributed by atoms with Crippen molar-refractivity contribution in [2.75, 3.05) is 6.54 Å². The minimum absolute atomic E-state index is 0.366. The molecular weight excluding hydrogens is 383 g/mol. The lowest BCUT2D eigenvalue weighted by molar-refractivity contribution is 0.629. The molecule has 0 unspecified atom stereocenters. The van der Waals surface area contributed by atoms with Crippen molar-refractivity contribution >= 4 is 21.8 Å². The first-order chi connectivity index (χ1) is 14.7. The lowest BCUT2D eigenvalue weighted by Gasteiger charge is -2.09. The van der Waals surface area contributed by atoms with Crippen LogP contribution in [0.25, 0.3) is 39.0 Å². The van der Waals surface area contributed by atoms with E-state index in [1.54, 1.807) is 6.07 Å². The number of aryl methyl sites for hydroxylation is 1. The van der Waals surface area contributed by atoms with Crippen molar-refractivity contribution in [1.82, 2.24) is 24.7 Å². The van der Waals surface area contributed by atoms with Gasteiger partial charge in [-0.05, 0) is 49.7 Å². The fraction of sp³-hybridized carbons (Fsp3) is 0.136. The largest absolute Gasteiger partial charge is 0.357 e. The molecule has 8 heteroatoms. The van der Waals surface area contributed by atoms with Crippen molar-refractivity contribution in [1.29, 1.82) is 0 Å². The lowest BCUT2D eigenvalue weighted by atomic mass is 10.1. The van der Waals surface area contributed by atoms with E-state index < -0.39 is 5.69 Å². The number of aromatic amines is 2. The van der Waals surface area contributed by atoms with Crippen molar-refractivity contribution < 1.29 is 4.39 Å². The Labute approximate surface area is 170 Å². The van der Waals surface area contributed by atoms with Crippen molar-refractivity contribution in [3.8, 4) is 17.2 Å². The third kappa shape index (κ3) is 2.98. The molecule has 3 heterocycles. The number of nitrogens with zero attached hydrogens (tertiary/aromatic N) is 3. The Morgan fingerprint density at radius 3 is 2.83 bits per heavy atom. The molecule has 0 fully saturated rings. The van der Waals surface area contributed by atoms with Gasteiger partial charge in [-0.15, -0.1) is 0 Å². The fourth-order valence-corrected chi connectivity index (χ4v) is 3.79. The summed E-state index contributed by atoms with van der Waals surface area (Å²) in [5.41, 5.74) is 8.73. The Bertz CT molecular complexity index is 1430. The molecule has 0 aliphatic heterocycles. The fourth-order valence-electron chi connectivity index (χ4n) is 3.79. The highest BCUT2D eigenvalue weighted by atomic mass is 19.1. The summed E-state index contributed by atoms with van der Waals surface area (Å²) in [4.78, 5) is 20.8. The highest BCUT2D eigenvalue weighted by Gasteiger charge is 2.21. The molecule has 0 spiro atoms. The van der Waals surface area contributed by atoms with Gasteiger partial charge in [-0.1, -0.05) is 24.3 Å². The van der Waals surface area contributed by atoms with Gasteiger partial charge in [-0.3, -0.25) is 0 Å². The van der Waals surface area contributed by atoms with E-state index in [-0.39, 0.29) is 5.82 Å². The molecule has 4 N–H and O–H groups in total. The summed E-state index contributed by atoms with van der Waals surface area (Å²) >= 11 is 0. The van der Waals surface area contributed by atoms with Crippen LogP contribution in [-0.2, 0) is 6.42 Å². The number of hydrogen-bond donors (Lipinski definition) is 3. The average Bonchev–Trinajstić information content (AvgIpc) is 3.31. The second kappa shape index (κ2) is 7.23. The summed E-state index contributed by atoms with van der Waals surface area (Å²) in [7, 11) is 0. The van der Waals surface area contributed by atoms with Crippen LogP contribution >= 0.6 is 0 Å². The Balaban J connectivity index is 1.77. The van der Waals surface area contributed by atoms with E-state index >= 15 is 0 Å². The van der Waals surface area contributed by atoms with Gasteiger partial charge in [-0.25, -0.2) is 23.8 Å². The molecule has 0 aliphatic carbocycles. The van der Waals surface area contributed by atoms with E-state index in [1.807, 2.05) is 36.4 Å². The number of pyridine rings is 1. The number of benzene rings is 2. The summed E-state index contributed by atoms with van der Waals surface area (Å²) in [6.07, 6.45) is 1.34. The van der Waals surface area contributed by atoms with Crippen molar-refractivity contribution in [2.45, 2.75) is 12.8 Å². The van der Waals surface area contributed by atoms with Crippen LogP contribution in [0.5, 0.6) is 0 Å². The maximum atomic E-state index is 14.1. The van der Waals surface area contributed by atoms with Gasteiger partial charge in [0, 0.05) is 22.0 Å². The first-order valence-electron chi connectivity index (χ1n) is 9.70. The maximum absolute atomic E-state index is 14.1. The monoisotopic (exact) mass is 402 g/mol. The maximum Gasteiger partial charge on any atom is 0.348 e. The molecular formula is C22H19FN6O. The molecule has 0 saturated heterocycles. The second-order valence-corrected chi connectivity index (χ2v) is 7.11. The van der Waals surface area contributed by atoms with E-state index in [9.17, 15) is 9.18 Å². The van der Waals surface area contributed by atoms with Crippen molar-refractivity contribution in [3.63, 3.8) is 0 Å². The van der Waals surface area contributed by atoms with E-state index in [4.69, 9.17) is 5.73 Å². The van der Waals surface area contributed by atoms with Crippen LogP contribution in [0.3, 0.4) is 0 Å². The third-order valence-electron chi connectivity index (χ3n) is 5.16. The highest BCUT2D eigenvalue weighted by Crippen LogP contribution is 2.30. The van der Waals surface area contributed by atoms with Gasteiger partial charge in [-0.2, -0.15) is 5.10 Å². The first kappa shape index (κ1) is 18.3. The Hall–Kier alpha value is -3.78. The highest BCUT2D eigenvalue weighted by molar-refractivity contribution is 5.91. The molecule has 150 valence electrons. The molecule has 0 radical (unpaired) electrons. The minimum Gasteiger partial charge on any atom is -0.357 e. The normalized spacial score (nSPS) is 11.5. The number of rotatable bonds is 5. The Morgan fingerprint density at radius 1 is 1.10 bits per heavy atom. The number of para-hydroxylation sites is 1. The van der Waals surface area contributed by atoms with Crippen LogP contribution < -0.4 is 11.4 Å². The molecule has 2 aromatic carbocycles. The number of nitrogens with one attached hydrogen (secondary N) is 2. The molecule has 0 bridgehead atoms. The van der Waals surface area contributed by atoms with E-state index in [2.05, 4.69) is 20.2 Å². The summed E-state index contributed by atoms with van der Waals surface area (Å²) in [5.74, 6) is -0.0139. The molecule has 0 atom stereocenters. The second-order valence-electron chi connectivity index (χ2n) is 7.11. The van der Waals surface area contributed by atoms with E-state index in [0.717, 1.165) is 28.5 Å². The zero-order chi connectivity index (χ0) is 20.7. The summed E-state index contributed by atoms with van der Waals surface area (Å²) in [5, 5.41) is 8.34. The number of halogens is 1. The quantitative estimate of drug-likeness (QED) is 0.419. The number of nitrogens with two attached hydrogens (primary N) is 1. The van der Waals surface area contributed by atoms with Crippen molar-refractivity contribution in [3.05, 3.63) is 76.6 Å². The average molecular weight is 402 g/mol. The molecule has 30 heavy (non-hydrogen) atoms. The standard InChI is InChI=1S/C22H19FN6O/c23-14-8-10-17-15(12-14)20(18(26-17)6-3-11-24)29-21(27-28-22(29)30)19-9-7-13-4-1-2-5-16(13)25-19/h1-2,4-5,7-10,12,26H,3,6,11,24H2,(H,28,30). The Morgan fingerprint density at radius 2 is 1.97 bits per heavy atom. The molecule has 0 saturated carbocycles. The first-order valence-corrected chi connectivity index (χ1v) is 9.70. The zero-order valence-electron chi connectivity index (χ0n) is 16.0. The van der Waals surface area contributed by atoms with Gasteiger partial charge >= 0.3 is 5.69 Å². The third-order valence-corrected chi connectivity index (χ3v) is 5.16. The predicted octanol–water partition coefficient (Wildman–Crippen LogP) is 3.29. The minimum atomic E-state index is -0.417. The molecule has 0 aliphatic rings. The van der Waals surface area contributed by atoms with Gasteiger partial charge in [0.05, 0.1) is 11.2 Å². The van der Waals surface area contributed by atoms with Gasteiger partial charge in [0.25, 0.3) is 0 Å². The van der Waals surface area contributed by atoms with Crippen molar-refractivity contribution in [2.24, 2.45) is 5.73 Å². The molecule has 3 aromatic heterocycles. The summed E-state index contributed by atoms with van der Waals surface area (Å²) < 4.78 is 15.5. The van der Waals surface area contributed by atoms with Crippen LogP contribution in [0.15, 0.2) is 59.4 Å². The molecule has 7 nitrogen and oxygen atoms in total. The molecule has 0 amide bonds. The zero-order valence-corrected chi connectivity index (χ0v) is 16.0. The number of hydrogen-bond acceptors (Lipinski definition) is 4. The Kier molecular flexibility index (Phi) is 4.40. The summed E-state index contributed by atoms with van der Waals surface area (Å²) in [6.45, 7) is 0.503. The van der Waals surface area contributed by atoms with Gasteiger partial charge < -0.3 is 10.7 Å². The lowest BCUT2D eigenvalue weighted by Crippen LogP contribution is -2.17. The number of H-pyrrole nitrogens is 2. The predicted molar refractivity (Wildman–Crippen MR) is 114 cm³/mol. The van der Waals surface area contributed by atoms with Gasteiger partial charge in [0.15, 0.2) is 5.82 Å². The van der Waals surface area contributed by atoms with Gasteiger partial charge in [0.2, 0.25) is 0 Å². The van der Waals surface area contributed by atoms with Crippen LogP contribution in [0, 0.1) is 5.82 Å². The van der Waals surface area contributed by atoms with Gasteiger partial charge in [0.1, 0.15) is 11.5 Å². The topological polar surface area (TPSA) is 105 Å². The number of fused-ring (bicyclic) bond motifs is 2. The van der Waals surface area contributed by atoms with Crippen LogP contribution in [0.2, 0.25) is 0 Å². The number of aromatic nitrogens is 5. The van der Waals surface area contributed by atoms with Crippen LogP contribution in [0.1, 0.15) is 12.1 Å². The SMILES string of the molecule is NCCCc1[nH]c2ccc(F)cc2c1-n1c(-c2ccc3ccccc3n2)n[nH]c1=O. The van der Waals surface area contributed by atoms with E-state index in [0.29, 0.717) is 35.6 Å². The van der Waals surface area contributed by atoms with Crippen LogP contribution in [0.4, 0.5) is 4.39 Å². The van der Waals surface area contributed by atoms with Crippen LogP contribution in [-0.4, -0.2) is 31.3 Å². The van der Waals surface area contributed by atoms with E-state index in [1.165, 1.54) is 16.7 Å². The summed E-state index contributed by atoms with van der Waals surface area (Å²) in [6, 6.07) is 16.0.